The lowest BCUT2D eigenvalue weighted by Crippen LogP contribution is -2.41. The molecule has 0 aliphatic heterocycles. The molecular formula is C15H20F3N3O4. The van der Waals surface area contributed by atoms with Crippen LogP contribution >= 0.6 is 0 Å². The summed E-state index contributed by atoms with van der Waals surface area (Å²) in [5.74, 6) is -1.07. The zero-order valence-electron chi connectivity index (χ0n) is 13.9. The highest BCUT2D eigenvalue weighted by Gasteiger charge is 2.31. The van der Waals surface area contributed by atoms with Crippen LogP contribution in [0, 0.1) is 0 Å². The van der Waals surface area contributed by atoms with Crippen molar-refractivity contribution in [2.24, 2.45) is 0 Å². The highest BCUT2D eigenvalue weighted by atomic mass is 19.4. The summed E-state index contributed by atoms with van der Waals surface area (Å²) in [6, 6.07) is 1.40. The van der Waals surface area contributed by atoms with Gasteiger partial charge in [-0.1, -0.05) is 0 Å². The van der Waals surface area contributed by atoms with Crippen molar-refractivity contribution in [3.63, 3.8) is 0 Å². The molecule has 0 unspecified atom stereocenters. The van der Waals surface area contributed by atoms with E-state index >= 15 is 0 Å². The molecule has 2 amide bonds. The zero-order valence-corrected chi connectivity index (χ0v) is 13.9. The fraction of sp³-hybridized carbons (Fsp3) is 0.533. The lowest BCUT2D eigenvalue weighted by atomic mass is 10.2. The lowest BCUT2D eigenvalue weighted by molar-refractivity contribution is -0.138. The molecule has 0 spiro atoms. The van der Waals surface area contributed by atoms with Crippen molar-refractivity contribution >= 4 is 11.8 Å². The summed E-state index contributed by atoms with van der Waals surface area (Å²) >= 11 is 0. The standard InChI is InChI=1S/C15H20F3N3O4/c1-20(9-12(22)19-6-3-7-25-2)14(24)10-21-8-11(15(16,17)18)4-5-13(21)23/h4-5,8H,3,6-7,9-10H2,1-2H3,(H,19,22). The number of methoxy groups -OCH3 is 1. The number of halogens is 3. The Morgan fingerprint density at radius 1 is 1.32 bits per heavy atom. The number of rotatable bonds is 8. The SMILES string of the molecule is COCCCNC(=O)CN(C)C(=O)Cn1cc(C(F)(F)F)ccc1=O. The van der Waals surface area contributed by atoms with Crippen LogP contribution in [-0.4, -0.2) is 55.1 Å². The zero-order chi connectivity index (χ0) is 19.0. The minimum atomic E-state index is -4.62. The molecule has 1 heterocycles. The van der Waals surface area contributed by atoms with E-state index in [4.69, 9.17) is 4.74 Å². The summed E-state index contributed by atoms with van der Waals surface area (Å²) in [5.41, 5.74) is -1.77. The number of nitrogens with zero attached hydrogens (tertiary/aromatic N) is 2. The summed E-state index contributed by atoms with van der Waals surface area (Å²) in [4.78, 5) is 36.3. The Balaban J connectivity index is 2.63. The maximum absolute atomic E-state index is 12.7. The van der Waals surface area contributed by atoms with Crippen LogP contribution in [0.25, 0.3) is 0 Å². The molecule has 1 aromatic heterocycles. The first-order valence-corrected chi connectivity index (χ1v) is 7.42. The molecule has 0 aliphatic carbocycles. The highest BCUT2D eigenvalue weighted by molar-refractivity contribution is 5.84. The Morgan fingerprint density at radius 3 is 2.60 bits per heavy atom. The number of likely N-dealkylation sites (N-methyl/N-ethyl adjacent to an activating group) is 1. The van der Waals surface area contributed by atoms with Gasteiger partial charge in [0.05, 0.1) is 12.1 Å². The van der Waals surface area contributed by atoms with E-state index in [-0.39, 0.29) is 6.54 Å². The van der Waals surface area contributed by atoms with Crippen LogP contribution in [0.4, 0.5) is 13.2 Å². The molecule has 0 saturated carbocycles. The Hall–Kier alpha value is -2.36. The lowest BCUT2D eigenvalue weighted by Gasteiger charge is -2.18. The number of alkyl halides is 3. The number of hydrogen-bond acceptors (Lipinski definition) is 4. The molecule has 0 aromatic carbocycles. The Bertz CT molecular complexity index is 658. The topological polar surface area (TPSA) is 80.6 Å². The Labute approximate surface area is 142 Å². The summed E-state index contributed by atoms with van der Waals surface area (Å²) in [6.07, 6.45) is -3.43. The van der Waals surface area contributed by atoms with Crippen molar-refractivity contribution in [1.82, 2.24) is 14.8 Å². The van der Waals surface area contributed by atoms with Gasteiger partial charge in [0.1, 0.15) is 6.54 Å². The fourth-order valence-electron chi connectivity index (χ4n) is 1.89. The summed E-state index contributed by atoms with van der Waals surface area (Å²) in [6.45, 7) is 0.00500. The van der Waals surface area contributed by atoms with Crippen LogP contribution in [0.2, 0.25) is 0 Å². The highest BCUT2D eigenvalue weighted by Crippen LogP contribution is 2.27. The number of carbonyl (C=O) groups is 2. The van der Waals surface area contributed by atoms with Crippen molar-refractivity contribution in [1.29, 1.82) is 0 Å². The monoisotopic (exact) mass is 363 g/mol. The smallest absolute Gasteiger partial charge is 0.385 e. The van der Waals surface area contributed by atoms with E-state index in [1.165, 1.54) is 14.2 Å². The second kappa shape index (κ2) is 9.21. The van der Waals surface area contributed by atoms with Crippen LogP contribution in [-0.2, 0) is 27.0 Å². The molecule has 10 heteroatoms. The molecule has 0 radical (unpaired) electrons. The van der Waals surface area contributed by atoms with Gasteiger partial charge in [-0.2, -0.15) is 13.2 Å². The van der Waals surface area contributed by atoms with Crippen molar-refractivity contribution < 1.29 is 27.5 Å². The van der Waals surface area contributed by atoms with Crippen LogP contribution < -0.4 is 10.9 Å². The second-order valence-corrected chi connectivity index (χ2v) is 5.33. The van der Waals surface area contributed by atoms with Crippen LogP contribution in [0.3, 0.4) is 0 Å². The van der Waals surface area contributed by atoms with Crippen LogP contribution in [0.1, 0.15) is 12.0 Å². The maximum Gasteiger partial charge on any atom is 0.417 e. The summed E-state index contributed by atoms with van der Waals surface area (Å²) in [5, 5.41) is 2.58. The third kappa shape index (κ3) is 6.96. The molecule has 0 bridgehead atoms. The molecule has 0 fully saturated rings. The van der Waals surface area contributed by atoms with Crippen LogP contribution in [0.15, 0.2) is 23.1 Å². The van der Waals surface area contributed by atoms with Crippen molar-refractivity contribution in [2.75, 3.05) is 33.9 Å². The van der Waals surface area contributed by atoms with Crippen molar-refractivity contribution in [3.05, 3.63) is 34.2 Å². The molecule has 7 nitrogen and oxygen atoms in total. The van der Waals surface area contributed by atoms with E-state index in [9.17, 15) is 27.6 Å². The molecule has 0 atom stereocenters. The van der Waals surface area contributed by atoms with E-state index in [0.29, 0.717) is 36.4 Å². The fourth-order valence-corrected chi connectivity index (χ4v) is 1.89. The molecule has 25 heavy (non-hydrogen) atoms. The van der Waals surface area contributed by atoms with Gasteiger partial charge in [0.15, 0.2) is 0 Å². The van der Waals surface area contributed by atoms with E-state index in [1.54, 1.807) is 0 Å². The molecule has 1 aromatic rings. The average Bonchev–Trinajstić information content (AvgIpc) is 2.52. The first-order valence-electron chi connectivity index (χ1n) is 7.42. The van der Waals surface area contributed by atoms with E-state index in [2.05, 4.69) is 5.32 Å². The molecule has 140 valence electrons. The summed E-state index contributed by atoms with van der Waals surface area (Å²) in [7, 11) is 2.86. The van der Waals surface area contributed by atoms with Crippen molar-refractivity contribution in [3.8, 4) is 0 Å². The predicted molar refractivity (Wildman–Crippen MR) is 82.8 cm³/mol. The average molecular weight is 363 g/mol. The predicted octanol–water partition coefficient (Wildman–Crippen LogP) is 0.478. The van der Waals surface area contributed by atoms with Gasteiger partial charge in [-0.15, -0.1) is 0 Å². The minimum absolute atomic E-state index is 0.264. The number of amides is 2. The van der Waals surface area contributed by atoms with Gasteiger partial charge >= 0.3 is 6.18 Å². The maximum atomic E-state index is 12.7. The van der Waals surface area contributed by atoms with Crippen LogP contribution in [0.5, 0.6) is 0 Å². The van der Waals surface area contributed by atoms with Gasteiger partial charge < -0.3 is 19.5 Å². The molecule has 1 N–H and O–H groups in total. The number of ether oxygens (including phenoxy) is 1. The Kier molecular flexibility index (Phi) is 7.62. The minimum Gasteiger partial charge on any atom is -0.385 e. The largest absolute Gasteiger partial charge is 0.417 e. The summed E-state index contributed by atoms with van der Waals surface area (Å²) < 4.78 is 43.5. The number of aromatic nitrogens is 1. The first kappa shape index (κ1) is 20.7. The number of hydrogen-bond donors (Lipinski definition) is 1. The van der Waals surface area contributed by atoms with Gasteiger partial charge in [-0.3, -0.25) is 14.4 Å². The van der Waals surface area contributed by atoms with Gasteiger partial charge in [-0.25, -0.2) is 0 Å². The quantitative estimate of drug-likeness (QED) is 0.682. The third-order valence-electron chi connectivity index (χ3n) is 3.27. The number of nitrogens with one attached hydrogen (secondary N) is 1. The van der Waals surface area contributed by atoms with E-state index in [1.807, 2.05) is 0 Å². The van der Waals surface area contributed by atoms with Gasteiger partial charge in [0.25, 0.3) is 5.56 Å². The molecule has 0 saturated heterocycles. The number of carbonyl (C=O) groups excluding carboxylic acids is 2. The van der Waals surface area contributed by atoms with E-state index < -0.39 is 35.7 Å². The van der Waals surface area contributed by atoms with Gasteiger partial charge in [0, 0.05) is 39.6 Å². The van der Waals surface area contributed by atoms with Crippen molar-refractivity contribution in [2.45, 2.75) is 19.1 Å². The molecular weight excluding hydrogens is 343 g/mol. The normalized spacial score (nSPS) is 11.2. The third-order valence-corrected chi connectivity index (χ3v) is 3.27. The number of pyridine rings is 1. The van der Waals surface area contributed by atoms with Gasteiger partial charge in [-0.05, 0) is 12.5 Å². The van der Waals surface area contributed by atoms with E-state index in [0.717, 1.165) is 11.0 Å². The molecule has 1 rings (SSSR count). The Morgan fingerprint density at radius 2 is 2.00 bits per heavy atom. The second-order valence-electron chi connectivity index (χ2n) is 5.33. The first-order chi connectivity index (χ1) is 11.6. The van der Waals surface area contributed by atoms with Gasteiger partial charge in [0.2, 0.25) is 11.8 Å². The molecule has 0 aliphatic rings.